The van der Waals surface area contributed by atoms with Crippen molar-refractivity contribution in [3.63, 3.8) is 0 Å². The number of hydrogen-bond donors (Lipinski definition) is 0. The number of methoxy groups -OCH3 is 1. The highest BCUT2D eigenvalue weighted by atomic mass is 16.6. The van der Waals surface area contributed by atoms with Gasteiger partial charge in [0.1, 0.15) is 0 Å². The summed E-state index contributed by atoms with van der Waals surface area (Å²) in [6.07, 6.45) is 0.733. The van der Waals surface area contributed by atoms with Crippen LogP contribution in [0.4, 0.5) is 5.69 Å². The molecule has 0 saturated carbocycles. The smallest absolute Gasteiger partial charge is 0.345 e. The molecule has 2 aromatic rings. The van der Waals surface area contributed by atoms with E-state index in [1.54, 1.807) is 6.21 Å². The van der Waals surface area contributed by atoms with Gasteiger partial charge in [0.05, 0.1) is 7.11 Å². The Morgan fingerprint density at radius 2 is 1.67 bits per heavy atom. The topological polar surface area (TPSA) is 38.5 Å². The van der Waals surface area contributed by atoms with E-state index >= 15 is 0 Å². The molecule has 3 rings (SSSR count). The number of ether oxygens (including phenoxy) is 2. The Morgan fingerprint density at radius 1 is 1.05 bits per heavy atom. The van der Waals surface area contributed by atoms with Crippen molar-refractivity contribution >= 4 is 17.9 Å². The third kappa shape index (κ3) is 2.71. The van der Waals surface area contributed by atoms with E-state index in [9.17, 15) is 4.79 Å². The van der Waals surface area contributed by atoms with E-state index in [1.165, 1.54) is 7.11 Å². The molecule has 0 fully saturated rings. The molecule has 0 aliphatic carbocycles. The molecule has 4 nitrogen and oxygen atoms in total. The fourth-order valence-electron chi connectivity index (χ4n) is 2.37. The molecule has 4 heteroatoms. The Kier molecular flexibility index (Phi) is 3.79. The maximum Gasteiger partial charge on any atom is 0.345 e. The van der Waals surface area contributed by atoms with Gasteiger partial charge in [0.2, 0.25) is 11.8 Å². The molecule has 2 atom stereocenters. The van der Waals surface area contributed by atoms with E-state index < -0.39 is 12.1 Å². The highest BCUT2D eigenvalue weighted by Gasteiger charge is 2.40. The average Bonchev–Trinajstić information content (AvgIpc) is 3.01. The quantitative estimate of drug-likeness (QED) is 0.641. The molecular weight excluding hydrogens is 266 g/mol. The van der Waals surface area contributed by atoms with E-state index in [0.29, 0.717) is 0 Å². The molecule has 1 heterocycles. The first-order valence-electron chi connectivity index (χ1n) is 6.76. The first kappa shape index (κ1) is 13.5. The Morgan fingerprint density at radius 3 is 2.29 bits per heavy atom. The largest absolute Gasteiger partial charge is 0.467 e. The zero-order chi connectivity index (χ0) is 14.7. The molecule has 106 valence electrons. The van der Waals surface area contributed by atoms with Crippen molar-refractivity contribution in [3.8, 4) is 0 Å². The van der Waals surface area contributed by atoms with Crippen LogP contribution in [-0.2, 0) is 14.3 Å². The van der Waals surface area contributed by atoms with Gasteiger partial charge in [-0.25, -0.2) is 4.79 Å². The van der Waals surface area contributed by atoms with Gasteiger partial charge in [0.15, 0.2) is 6.21 Å². The molecule has 1 aliphatic rings. The molecule has 0 aromatic heterocycles. The Hall–Kier alpha value is -2.46. The lowest BCUT2D eigenvalue weighted by molar-refractivity contribution is -0.528. The summed E-state index contributed by atoms with van der Waals surface area (Å²) in [5, 5.41) is 0. The third-order valence-corrected chi connectivity index (χ3v) is 3.40. The SMILES string of the molecule is COC(=O)C1C=[N+](c2ccccc2)C(c2ccccc2)O1. The van der Waals surface area contributed by atoms with Crippen molar-refractivity contribution < 1.29 is 18.8 Å². The van der Waals surface area contributed by atoms with Crippen molar-refractivity contribution in [1.29, 1.82) is 0 Å². The van der Waals surface area contributed by atoms with Crippen LogP contribution in [0.2, 0.25) is 0 Å². The number of benzene rings is 2. The summed E-state index contributed by atoms with van der Waals surface area (Å²) in [4.78, 5) is 11.8. The van der Waals surface area contributed by atoms with Gasteiger partial charge >= 0.3 is 5.97 Å². The molecule has 2 aromatic carbocycles. The summed E-state index contributed by atoms with van der Waals surface area (Å²) in [5.74, 6) is -0.394. The predicted molar refractivity (Wildman–Crippen MR) is 78.5 cm³/mol. The summed E-state index contributed by atoms with van der Waals surface area (Å²) in [5.41, 5.74) is 1.96. The van der Waals surface area contributed by atoms with Crippen molar-refractivity contribution in [2.75, 3.05) is 7.11 Å². The third-order valence-electron chi connectivity index (χ3n) is 3.40. The van der Waals surface area contributed by atoms with E-state index in [2.05, 4.69) is 0 Å². The van der Waals surface area contributed by atoms with Crippen molar-refractivity contribution in [2.45, 2.75) is 12.3 Å². The number of carbonyl (C=O) groups is 1. The van der Waals surface area contributed by atoms with E-state index in [4.69, 9.17) is 9.47 Å². The molecule has 0 spiro atoms. The van der Waals surface area contributed by atoms with Crippen LogP contribution in [0.5, 0.6) is 0 Å². The summed E-state index contributed by atoms with van der Waals surface area (Å²) >= 11 is 0. The first-order valence-corrected chi connectivity index (χ1v) is 6.76. The molecular formula is C17H16NO3+. The molecule has 0 radical (unpaired) electrons. The maximum absolute atomic E-state index is 11.8. The van der Waals surface area contributed by atoms with Gasteiger partial charge in [-0.3, -0.25) is 4.74 Å². The summed E-state index contributed by atoms with van der Waals surface area (Å²) in [7, 11) is 1.36. The van der Waals surface area contributed by atoms with Gasteiger partial charge in [-0.05, 0) is 12.1 Å². The number of carbonyl (C=O) groups excluding carboxylic acids is 1. The normalized spacial score (nSPS) is 20.9. The standard InChI is InChI=1S/C17H16NO3/c1-20-17(19)15-12-18(14-10-6-3-7-11-14)16(21-15)13-8-4-2-5-9-13/h2-12,15-16H,1H3/q+1. The van der Waals surface area contributed by atoms with Crippen LogP contribution in [-0.4, -0.2) is 30.0 Å². The van der Waals surface area contributed by atoms with Crippen LogP contribution < -0.4 is 0 Å². The minimum atomic E-state index is -0.694. The van der Waals surface area contributed by atoms with Gasteiger partial charge in [0.25, 0.3) is 6.23 Å². The lowest BCUT2D eigenvalue weighted by Gasteiger charge is -2.10. The van der Waals surface area contributed by atoms with Crippen LogP contribution in [0.3, 0.4) is 0 Å². The number of rotatable bonds is 3. The van der Waals surface area contributed by atoms with Crippen molar-refractivity contribution in [3.05, 3.63) is 66.2 Å². The summed E-state index contributed by atoms with van der Waals surface area (Å²) in [6.45, 7) is 0. The van der Waals surface area contributed by atoms with Crippen molar-refractivity contribution in [1.82, 2.24) is 0 Å². The van der Waals surface area contributed by atoms with Gasteiger partial charge in [-0.15, -0.1) is 0 Å². The Labute approximate surface area is 123 Å². The number of nitrogens with zero attached hydrogens (tertiary/aromatic N) is 1. The van der Waals surface area contributed by atoms with E-state index in [1.807, 2.05) is 65.2 Å². The van der Waals surface area contributed by atoms with Gasteiger partial charge in [0, 0.05) is 17.7 Å². The lowest BCUT2D eigenvalue weighted by Crippen LogP contribution is -2.23. The molecule has 1 aliphatic heterocycles. The van der Waals surface area contributed by atoms with Gasteiger partial charge in [-0.1, -0.05) is 36.4 Å². The maximum atomic E-state index is 11.8. The molecule has 0 amide bonds. The minimum Gasteiger partial charge on any atom is -0.467 e. The molecule has 2 unspecified atom stereocenters. The first-order chi connectivity index (χ1) is 10.3. The van der Waals surface area contributed by atoms with Crippen LogP contribution in [0.1, 0.15) is 11.8 Å². The summed E-state index contributed by atoms with van der Waals surface area (Å²) < 4.78 is 12.6. The molecule has 0 saturated heterocycles. The molecule has 0 N–H and O–H groups in total. The highest BCUT2D eigenvalue weighted by Crippen LogP contribution is 2.30. The lowest BCUT2D eigenvalue weighted by atomic mass is 10.2. The highest BCUT2D eigenvalue weighted by molar-refractivity contribution is 5.92. The second-order valence-corrected chi connectivity index (χ2v) is 4.73. The van der Waals surface area contributed by atoms with E-state index in [0.717, 1.165) is 11.3 Å². The average molecular weight is 282 g/mol. The van der Waals surface area contributed by atoms with Gasteiger partial charge < -0.3 is 4.74 Å². The van der Waals surface area contributed by atoms with E-state index in [-0.39, 0.29) is 6.23 Å². The molecule has 0 bridgehead atoms. The zero-order valence-corrected chi connectivity index (χ0v) is 11.7. The molecule has 21 heavy (non-hydrogen) atoms. The second-order valence-electron chi connectivity index (χ2n) is 4.73. The Bertz CT molecular complexity index is 652. The number of para-hydroxylation sites is 1. The van der Waals surface area contributed by atoms with Crippen LogP contribution >= 0.6 is 0 Å². The van der Waals surface area contributed by atoms with Crippen LogP contribution in [0.25, 0.3) is 0 Å². The second kappa shape index (κ2) is 5.89. The fourth-order valence-corrected chi connectivity index (χ4v) is 2.37. The number of esters is 1. The fraction of sp³-hybridized carbons (Fsp3) is 0.176. The Balaban J connectivity index is 2.00. The van der Waals surface area contributed by atoms with Crippen LogP contribution in [0.15, 0.2) is 60.7 Å². The summed E-state index contributed by atoms with van der Waals surface area (Å²) in [6, 6.07) is 19.6. The van der Waals surface area contributed by atoms with Crippen LogP contribution in [0, 0.1) is 0 Å². The minimum absolute atomic E-state index is 0.335. The van der Waals surface area contributed by atoms with Crippen molar-refractivity contribution in [2.24, 2.45) is 0 Å². The predicted octanol–water partition coefficient (Wildman–Crippen LogP) is 2.67. The monoisotopic (exact) mass is 282 g/mol. The van der Waals surface area contributed by atoms with Gasteiger partial charge in [-0.2, -0.15) is 4.58 Å². The zero-order valence-electron chi connectivity index (χ0n) is 11.7. The number of hydrogen-bond acceptors (Lipinski definition) is 3.